The van der Waals surface area contributed by atoms with Gasteiger partial charge in [0.1, 0.15) is 0 Å². The van der Waals surface area contributed by atoms with E-state index in [1.54, 1.807) is 0 Å². The van der Waals surface area contributed by atoms with E-state index < -0.39 is 0 Å². The van der Waals surface area contributed by atoms with E-state index in [-0.39, 0.29) is 18.1 Å². The third kappa shape index (κ3) is 6.69. The van der Waals surface area contributed by atoms with Crippen molar-refractivity contribution in [3.05, 3.63) is 54.6 Å². The maximum absolute atomic E-state index is 13.1. The number of rotatable bonds is 10. The lowest BCUT2D eigenvalue weighted by Crippen LogP contribution is -2.38. The first kappa shape index (κ1) is 23.5. The first-order valence-electron chi connectivity index (χ1n) is 11.1. The van der Waals surface area contributed by atoms with Gasteiger partial charge < -0.3 is 20.3 Å². The summed E-state index contributed by atoms with van der Waals surface area (Å²) >= 11 is 2.89. The first-order valence-corrected chi connectivity index (χ1v) is 12.9. The number of hydrogen-bond donors (Lipinski definition) is 2. The van der Waals surface area contributed by atoms with Gasteiger partial charge >= 0.3 is 0 Å². The SMILES string of the molecule is CC(C)N(C(=O)CSc1nnc(NCC2CCCO2)s1)c1ccc(Nc2ccccc2)cc1. The van der Waals surface area contributed by atoms with Crippen LogP contribution in [-0.2, 0) is 9.53 Å². The molecule has 4 rings (SSSR count). The van der Waals surface area contributed by atoms with E-state index in [1.165, 1.54) is 23.1 Å². The minimum Gasteiger partial charge on any atom is -0.376 e. The molecule has 2 aromatic carbocycles. The van der Waals surface area contributed by atoms with E-state index in [9.17, 15) is 4.79 Å². The van der Waals surface area contributed by atoms with Gasteiger partial charge in [-0.05, 0) is 63.1 Å². The molecule has 1 atom stereocenters. The molecule has 1 amide bonds. The van der Waals surface area contributed by atoms with Crippen molar-refractivity contribution < 1.29 is 9.53 Å². The molecular weight excluding hydrogens is 454 g/mol. The minimum atomic E-state index is 0.0443. The van der Waals surface area contributed by atoms with Crippen LogP contribution in [-0.4, -0.2) is 47.2 Å². The monoisotopic (exact) mass is 483 g/mol. The van der Waals surface area contributed by atoms with Gasteiger partial charge in [0.25, 0.3) is 0 Å². The quantitative estimate of drug-likeness (QED) is 0.374. The maximum atomic E-state index is 13.1. The zero-order valence-corrected chi connectivity index (χ0v) is 20.5. The van der Waals surface area contributed by atoms with Crippen LogP contribution in [0.2, 0.25) is 0 Å². The summed E-state index contributed by atoms with van der Waals surface area (Å²) < 4.78 is 6.40. The third-order valence-electron chi connectivity index (χ3n) is 5.22. The highest BCUT2D eigenvalue weighted by atomic mass is 32.2. The summed E-state index contributed by atoms with van der Waals surface area (Å²) in [6.45, 7) is 5.63. The summed E-state index contributed by atoms with van der Waals surface area (Å²) in [7, 11) is 0. The molecule has 7 nitrogen and oxygen atoms in total. The van der Waals surface area contributed by atoms with Crippen molar-refractivity contribution >= 4 is 51.2 Å². The van der Waals surface area contributed by atoms with Gasteiger partial charge in [-0.15, -0.1) is 10.2 Å². The number of anilines is 4. The van der Waals surface area contributed by atoms with Crippen molar-refractivity contribution in [2.75, 3.05) is 34.4 Å². The van der Waals surface area contributed by atoms with E-state index in [1.807, 2.05) is 73.3 Å². The molecule has 1 aliphatic heterocycles. The van der Waals surface area contributed by atoms with Crippen LogP contribution in [0.4, 0.5) is 22.2 Å². The molecular formula is C24H29N5O2S2. The van der Waals surface area contributed by atoms with Crippen LogP contribution < -0.4 is 15.5 Å². The Bertz CT molecular complexity index is 1020. The van der Waals surface area contributed by atoms with Crippen molar-refractivity contribution in [3.8, 4) is 0 Å². The molecule has 0 aliphatic carbocycles. The molecule has 1 aromatic heterocycles. The molecule has 1 unspecified atom stereocenters. The lowest BCUT2D eigenvalue weighted by atomic mass is 10.2. The van der Waals surface area contributed by atoms with Crippen molar-refractivity contribution in [1.82, 2.24) is 10.2 Å². The van der Waals surface area contributed by atoms with E-state index >= 15 is 0 Å². The molecule has 33 heavy (non-hydrogen) atoms. The number of carbonyl (C=O) groups excluding carboxylic acids is 1. The molecule has 1 saturated heterocycles. The van der Waals surface area contributed by atoms with E-state index in [0.29, 0.717) is 5.75 Å². The van der Waals surface area contributed by atoms with Gasteiger partial charge in [-0.3, -0.25) is 4.79 Å². The van der Waals surface area contributed by atoms with Crippen LogP contribution >= 0.6 is 23.1 Å². The van der Waals surface area contributed by atoms with Crippen molar-refractivity contribution in [3.63, 3.8) is 0 Å². The number of amides is 1. The van der Waals surface area contributed by atoms with Gasteiger partial charge in [0, 0.05) is 36.3 Å². The number of thioether (sulfide) groups is 1. The zero-order chi connectivity index (χ0) is 23.0. The zero-order valence-electron chi connectivity index (χ0n) is 18.9. The largest absolute Gasteiger partial charge is 0.376 e. The van der Waals surface area contributed by atoms with E-state index in [4.69, 9.17) is 4.74 Å². The number of benzene rings is 2. The van der Waals surface area contributed by atoms with Crippen LogP contribution in [0, 0.1) is 0 Å². The molecule has 0 spiro atoms. The van der Waals surface area contributed by atoms with Gasteiger partial charge in [-0.25, -0.2) is 0 Å². The smallest absolute Gasteiger partial charge is 0.237 e. The Morgan fingerprint density at radius 2 is 1.91 bits per heavy atom. The summed E-state index contributed by atoms with van der Waals surface area (Å²) in [6.07, 6.45) is 2.45. The minimum absolute atomic E-state index is 0.0443. The van der Waals surface area contributed by atoms with Gasteiger partial charge in [0.05, 0.1) is 11.9 Å². The predicted octanol–water partition coefficient (Wildman–Crippen LogP) is 5.41. The van der Waals surface area contributed by atoms with Gasteiger partial charge in [0.15, 0.2) is 4.34 Å². The maximum Gasteiger partial charge on any atom is 0.237 e. The molecule has 3 aromatic rings. The normalized spacial score (nSPS) is 15.5. The van der Waals surface area contributed by atoms with Crippen molar-refractivity contribution in [1.29, 1.82) is 0 Å². The van der Waals surface area contributed by atoms with Crippen LogP contribution in [0.5, 0.6) is 0 Å². The average molecular weight is 484 g/mol. The number of carbonyl (C=O) groups is 1. The molecule has 1 aliphatic rings. The second-order valence-corrected chi connectivity index (χ2v) is 10.3. The summed E-state index contributed by atoms with van der Waals surface area (Å²) in [5.74, 6) is 0.352. The standard InChI is InChI=1S/C24H29N5O2S2/c1-17(2)29(20-12-10-19(11-13-20)26-18-7-4-3-5-8-18)22(30)16-32-24-28-27-23(33-24)25-15-21-9-6-14-31-21/h3-5,7-8,10-13,17,21,26H,6,9,14-16H2,1-2H3,(H,25,27). The second-order valence-electron chi connectivity index (χ2n) is 8.07. The first-order chi connectivity index (χ1) is 16.1. The molecule has 0 bridgehead atoms. The lowest BCUT2D eigenvalue weighted by Gasteiger charge is -2.27. The van der Waals surface area contributed by atoms with Crippen LogP contribution in [0.1, 0.15) is 26.7 Å². The highest BCUT2D eigenvalue weighted by molar-refractivity contribution is 8.01. The van der Waals surface area contributed by atoms with Crippen molar-refractivity contribution in [2.45, 2.75) is 43.2 Å². The molecule has 1 fully saturated rings. The number of ether oxygens (including phenoxy) is 1. The van der Waals surface area contributed by atoms with Gasteiger partial charge in [-0.1, -0.05) is 41.3 Å². The number of hydrogen-bond acceptors (Lipinski definition) is 8. The highest BCUT2D eigenvalue weighted by Crippen LogP contribution is 2.28. The lowest BCUT2D eigenvalue weighted by molar-refractivity contribution is -0.116. The van der Waals surface area contributed by atoms with Gasteiger partial charge in [-0.2, -0.15) is 0 Å². The fourth-order valence-corrected chi connectivity index (χ4v) is 5.28. The van der Waals surface area contributed by atoms with Crippen LogP contribution in [0.3, 0.4) is 0 Å². The average Bonchev–Trinajstić information content (AvgIpc) is 3.50. The Morgan fingerprint density at radius 3 is 2.61 bits per heavy atom. The molecule has 2 N–H and O–H groups in total. The van der Waals surface area contributed by atoms with E-state index in [2.05, 4.69) is 20.8 Å². The number of aromatic nitrogens is 2. The number of nitrogens with one attached hydrogen (secondary N) is 2. The summed E-state index contributed by atoms with van der Waals surface area (Å²) in [4.78, 5) is 14.9. The van der Waals surface area contributed by atoms with Crippen LogP contribution in [0.25, 0.3) is 0 Å². The Labute approximate surface area is 202 Å². The second kappa shape index (κ2) is 11.5. The molecule has 174 valence electrons. The Morgan fingerprint density at radius 1 is 1.15 bits per heavy atom. The van der Waals surface area contributed by atoms with Gasteiger partial charge in [0.2, 0.25) is 11.0 Å². The third-order valence-corrected chi connectivity index (χ3v) is 7.22. The summed E-state index contributed by atoms with van der Waals surface area (Å²) in [6, 6.07) is 18.0. The number of nitrogens with zero attached hydrogens (tertiary/aromatic N) is 3. The van der Waals surface area contributed by atoms with E-state index in [0.717, 1.165) is 52.5 Å². The summed E-state index contributed by atoms with van der Waals surface area (Å²) in [5, 5.41) is 15.8. The Balaban J connectivity index is 1.31. The molecule has 9 heteroatoms. The highest BCUT2D eigenvalue weighted by Gasteiger charge is 2.20. The molecule has 0 radical (unpaired) electrons. The van der Waals surface area contributed by atoms with Crippen LogP contribution in [0.15, 0.2) is 58.9 Å². The molecule has 0 saturated carbocycles. The Kier molecular flexibility index (Phi) is 8.20. The predicted molar refractivity (Wildman–Crippen MR) is 137 cm³/mol. The summed E-state index contributed by atoms with van der Waals surface area (Å²) in [5.41, 5.74) is 2.89. The fourth-order valence-electron chi connectivity index (χ4n) is 3.66. The van der Waals surface area contributed by atoms with Crippen molar-refractivity contribution in [2.24, 2.45) is 0 Å². The fraction of sp³-hybridized carbons (Fsp3) is 0.375. The Hall–Kier alpha value is -2.62. The topological polar surface area (TPSA) is 79.4 Å². The number of para-hydroxylation sites is 1. The molecule has 2 heterocycles.